The van der Waals surface area contributed by atoms with Crippen molar-refractivity contribution in [2.24, 2.45) is 5.73 Å². The highest BCUT2D eigenvalue weighted by Gasteiger charge is 2.28. The van der Waals surface area contributed by atoms with E-state index < -0.39 is 24.3 Å². The maximum Gasteiger partial charge on any atom is 0.341 e. The van der Waals surface area contributed by atoms with E-state index in [0.29, 0.717) is 41.1 Å². The molecule has 0 aliphatic carbocycles. The van der Waals surface area contributed by atoms with Crippen molar-refractivity contribution < 1.29 is 29.0 Å². The summed E-state index contributed by atoms with van der Waals surface area (Å²) in [5.74, 6) is -2.09. The van der Waals surface area contributed by atoms with Gasteiger partial charge in [-0.2, -0.15) is 0 Å². The van der Waals surface area contributed by atoms with Crippen molar-refractivity contribution in [3.05, 3.63) is 89.6 Å². The summed E-state index contributed by atoms with van der Waals surface area (Å²) in [6.45, 7) is 1.63. The van der Waals surface area contributed by atoms with Crippen LogP contribution in [0.2, 0.25) is 0 Å². The number of amides is 1. The van der Waals surface area contributed by atoms with Crippen LogP contribution >= 0.6 is 0 Å². The molecular weight excluding hydrogens is 448 g/mol. The van der Waals surface area contributed by atoms with Crippen LogP contribution < -0.4 is 15.2 Å². The minimum absolute atomic E-state index is 0.109. The van der Waals surface area contributed by atoms with E-state index in [0.717, 1.165) is 5.56 Å². The second kappa shape index (κ2) is 10.1. The van der Waals surface area contributed by atoms with Crippen LogP contribution in [0.5, 0.6) is 17.2 Å². The van der Waals surface area contributed by atoms with Crippen molar-refractivity contribution >= 4 is 28.6 Å². The van der Waals surface area contributed by atoms with Gasteiger partial charge >= 0.3 is 5.97 Å². The molecule has 1 amide bonds. The fraction of sp³-hybridized carbons (Fsp3) is 0.148. The first-order valence-corrected chi connectivity index (χ1v) is 11.0. The van der Waals surface area contributed by atoms with Gasteiger partial charge in [-0.1, -0.05) is 55.5 Å². The Morgan fingerprint density at radius 1 is 0.943 bits per heavy atom. The fourth-order valence-corrected chi connectivity index (χ4v) is 4.08. The van der Waals surface area contributed by atoms with Gasteiger partial charge in [0.2, 0.25) is 0 Å². The zero-order valence-electron chi connectivity index (χ0n) is 19.1. The van der Waals surface area contributed by atoms with Crippen LogP contribution in [0.1, 0.15) is 28.5 Å². The minimum atomic E-state index is -1.19. The van der Waals surface area contributed by atoms with Gasteiger partial charge in [-0.15, -0.1) is 0 Å². The summed E-state index contributed by atoms with van der Waals surface area (Å²) in [7, 11) is 0. The van der Waals surface area contributed by atoms with Crippen LogP contribution in [0.25, 0.3) is 10.9 Å². The van der Waals surface area contributed by atoms with Gasteiger partial charge in [-0.25, -0.2) is 4.79 Å². The minimum Gasteiger partial charge on any atom is -0.481 e. The largest absolute Gasteiger partial charge is 0.481 e. The molecule has 0 spiro atoms. The number of Topliss-reactive ketones (excluding diaryl/α,β-unsaturated/α-hetero) is 1. The lowest BCUT2D eigenvalue weighted by molar-refractivity contribution is -0.139. The molecule has 0 unspecified atom stereocenters. The third-order valence-corrected chi connectivity index (χ3v) is 5.51. The van der Waals surface area contributed by atoms with E-state index in [1.165, 1.54) is 6.07 Å². The van der Waals surface area contributed by atoms with Gasteiger partial charge < -0.3 is 24.9 Å². The number of carboxylic acids is 1. The predicted molar refractivity (Wildman–Crippen MR) is 130 cm³/mol. The SMILES string of the molecule is CCc1c(C(=O)C(N)=O)c2c(OCC(=O)O)cc(Oc3ccccc3)cc2n1Cc1ccccc1. The second-order valence-corrected chi connectivity index (χ2v) is 7.85. The topological polar surface area (TPSA) is 121 Å². The number of hydrogen-bond acceptors (Lipinski definition) is 5. The molecule has 0 atom stereocenters. The van der Waals surface area contributed by atoms with E-state index in [9.17, 15) is 19.5 Å². The highest BCUT2D eigenvalue weighted by atomic mass is 16.5. The Balaban J connectivity index is 2.00. The number of aliphatic carboxylic acids is 1. The average molecular weight is 472 g/mol. The van der Waals surface area contributed by atoms with Gasteiger partial charge in [0, 0.05) is 24.4 Å². The Bertz CT molecular complexity index is 1390. The number of ether oxygens (including phenoxy) is 2. The Morgan fingerprint density at radius 3 is 2.20 bits per heavy atom. The van der Waals surface area contributed by atoms with Crippen molar-refractivity contribution in [1.29, 1.82) is 0 Å². The van der Waals surface area contributed by atoms with E-state index in [1.54, 1.807) is 18.2 Å². The number of benzene rings is 3. The van der Waals surface area contributed by atoms with Crippen molar-refractivity contribution in [3.63, 3.8) is 0 Å². The van der Waals surface area contributed by atoms with E-state index >= 15 is 0 Å². The maximum atomic E-state index is 13.0. The molecule has 3 N–H and O–H groups in total. The standard InChI is InChI=1S/C27H24N2O6/c1-2-20-25(26(32)27(28)33)24-21(29(20)15-17-9-5-3-6-10-17)13-19(14-22(24)34-16-23(30)31)35-18-11-7-4-8-12-18/h3-14H,2,15-16H2,1H3,(H2,28,33)(H,30,31). The van der Waals surface area contributed by atoms with Crippen molar-refractivity contribution in [2.45, 2.75) is 19.9 Å². The molecule has 0 fully saturated rings. The first-order chi connectivity index (χ1) is 16.9. The molecule has 0 bridgehead atoms. The molecule has 1 heterocycles. The lowest BCUT2D eigenvalue weighted by Gasteiger charge is -2.13. The Kier molecular flexibility index (Phi) is 6.82. The van der Waals surface area contributed by atoms with E-state index in [-0.39, 0.29) is 11.3 Å². The first-order valence-electron chi connectivity index (χ1n) is 11.0. The number of nitrogens with zero attached hydrogens (tertiary/aromatic N) is 1. The Labute approximate surface area is 201 Å². The van der Waals surface area contributed by atoms with Crippen LogP contribution in [0, 0.1) is 0 Å². The van der Waals surface area contributed by atoms with Gasteiger partial charge in [0.05, 0.1) is 16.5 Å². The number of aromatic nitrogens is 1. The zero-order chi connectivity index (χ0) is 24.9. The van der Waals surface area contributed by atoms with Crippen molar-refractivity contribution in [3.8, 4) is 17.2 Å². The normalized spacial score (nSPS) is 10.8. The number of ketones is 1. The number of carbonyl (C=O) groups excluding carboxylic acids is 2. The van der Waals surface area contributed by atoms with Crippen LogP contribution in [-0.4, -0.2) is 33.9 Å². The number of carbonyl (C=O) groups is 3. The van der Waals surface area contributed by atoms with Crippen LogP contribution in [0.15, 0.2) is 72.8 Å². The Hall–Kier alpha value is -4.59. The van der Waals surface area contributed by atoms with Crippen LogP contribution in [0.3, 0.4) is 0 Å². The summed E-state index contributed by atoms with van der Waals surface area (Å²) >= 11 is 0. The van der Waals surface area contributed by atoms with Gasteiger partial charge in [-0.3, -0.25) is 9.59 Å². The monoisotopic (exact) mass is 472 g/mol. The van der Waals surface area contributed by atoms with Crippen molar-refractivity contribution in [1.82, 2.24) is 4.57 Å². The molecule has 0 saturated heterocycles. The molecule has 8 heteroatoms. The van der Waals surface area contributed by atoms with Gasteiger partial charge in [0.15, 0.2) is 6.61 Å². The van der Waals surface area contributed by atoms with Gasteiger partial charge in [0.1, 0.15) is 17.2 Å². The number of carboxylic acid groups (broad SMARTS) is 1. The van der Waals surface area contributed by atoms with Crippen LogP contribution in [0.4, 0.5) is 0 Å². The molecule has 4 rings (SSSR count). The molecule has 0 radical (unpaired) electrons. The maximum absolute atomic E-state index is 13.0. The number of rotatable bonds is 10. The molecule has 0 aliphatic rings. The highest BCUT2D eigenvalue weighted by Crippen LogP contribution is 2.39. The van der Waals surface area contributed by atoms with Crippen molar-refractivity contribution in [2.75, 3.05) is 6.61 Å². The number of para-hydroxylation sites is 1. The fourth-order valence-electron chi connectivity index (χ4n) is 4.08. The number of primary amides is 1. The molecule has 35 heavy (non-hydrogen) atoms. The van der Waals surface area contributed by atoms with Gasteiger partial charge in [-0.05, 0) is 24.1 Å². The third kappa shape index (κ3) is 5.01. The molecule has 178 valence electrons. The van der Waals surface area contributed by atoms with E-state index in [4.69, 9.17) is 15.2 Å². The van der Waals surface area contributed by atoms with E-state index in [2.05, 4.69) is 0 Å². The number of nitrogens with two attached hydrogens (primary N) is 1. The number of fused-ring (bicyclic) bond motifs is 1. The molecule has 1 aromatic heterocycles. The quantitative estimate of drug-likeness (QED) is 0.264. The zero-order valence-corrected chi connectivity index (χ0v) is 19.1. The summed E-state index contributed by atoms with van der Waals surface area (Å²) in [4.78, 5) is 36.2. The summed E-state index contributed by atoms with van der Waals surface area (Å²) in [6, 6.07) is 22.0. The molecule has 3 aromatic carbocycles. The summed E-state index contributed by atoms with van der Waals surface area (Å²) in [6.07, 6.45) is 0.420. The Morgan fingerprint density at radius 2 is 1.60 bits per heavy atom. The highest BCUT2D eigenvalue weighted by molar-refractivity contribution is 6.45. The van der Waals surface area contributed by atoms with E-state index in [1.807, 2.05) is 60.0 Å². The summed E-state index contributed by atoms with van der Waals surface area (Å²) in [5, 5.41) is 9.54. The molecule has 0 saturated carbocycles. The molecular formula is C27H24N2O6. The molecule has 0 aliphatic heterocycles. The predicted octanol–water partition coefficient (Wildman–Crippen LogP) is 4.18. The average Bonchev–Trinajstić information content (AvgIpc) is 3.16. The molecule has 4 aromatic rings. The smallest absolute Gasteiger partial charge is 0.341 e. The lowest BCUT2D eigenvalue weighted by atomic mass is 10.0. The summed E-state index contributed by atoms with van der Waals surface area (Å²) in [5.41, 5.74) is 7.62. The molecule has 8 nitrogen and oxygen atoms in total. The van der Waals surface area contributed by atoms with Gasteiger partial charge in [0.25, 0.3) is 11.7 Å². The third-order valence-electron chi connectivity index (χ3n) is 5.51. The number of hydrogen-bond donors (Lipinski definition) is 2. The lowest BCUT2D eigenvalue weighted by Crippen LogP contribution is -2.24. The first kappa shape index (κ1) is 23.6. The second-order valence-electron chi connectivity index (χ2n) is 7.85. The summed E-state index contributed by atoms with van der Waals surface area (Å²) < 4.78 is 13.5. The van der Waals surface area contributed by atoms with Crippen LogP contribution in [-0.2, 0) is 22.6 Å².